The maximum absolute atomic E-state index is 6.48. The first-order chi connectivity index (χ1) is 7.91. The second-order valence-corrected chi connectivity index (χ2v) is 34.9. The molecule has 10 rings (SSSR count). The number of halogens is 2. The van der Waals surface area contributed by atoms with Gasteiger partial charge in [-0.25, -0.2) is 0 Å². The number of hydrogen-bond donors (Lipinski definition) is 1. The minimum absolute atomic E-state index is 0. The van der Waals surface area contributed by atoms with Gasteiger partial charge < -0.3 is 0 Å². The van der Waals surface area contributed by atoms with Gasteiger partial charge in [0.05, 0.1) is 0 Å². The third-order valence-electron chi connectivity index (χ3n) is 16.4. The van der Waals surface area contributed by atoms with Gasteiger partial charge in [0, 0.05) is 0 Å². The Labute approximate surface area is 116 Å². The molecule has 10 aliphatic heterocycles. The molecule has 110 valence electrons. The van der Waals surface area contributed by atoms with Crippen molar-refractivity contribution in [2.24, 2.45) is 5.73 Å². The molecule has 10 aliphatic rings. The molecule has 0 aromatic rings. The molecule has 0 radical (unpaired) electrons. The fraction of sp³-hybridized carbons (Fsp3) is 1.00. The van der Waals surface area contributed by atoms with Crippen LogP contribution in [0.5, 0.6) is 0 Å². The van der Waals surface area contributed by atoms with Crippen LogP contribution in [-0.2, 0) is 6.51 Å². The van der Waals surface area contributed by atoms with E-state index in [-0.39, 0.29) is 24.8 Å². The molecule has 0 bridgehead atoms. The van der Waals surface area contributed by atoms with Gasteiger partial charge >= 0.3 is 91.5 Å². The van der Waals surface area contributed by atoms with Crippen LogP contribution in [0.3, 0.4) is 0 Å². The first-order valence-corrected chi connectivity index (χ1v) is 13.7. The molecule has 0 aromatic carbocycles. The summed E-state index contributed by atoms with van der Waals surface area (Å²) in [5, 5.41) is 0. The van der Waals surface area contributed by atoms with Crippen LogP contribution in [0.15, 0.2) is 0 Å². The van der Waals surface area contributed by atoms with E-state index in [2.05, 4.69) is 19.0 Å². The molecular formula is C14H22Cl2FeN2. The summed E-state index contributed by atoms with van der Waals surface area (Å²) < 4.78 is 1.86. The molecule has 0 aromatic heterocycles. The van der Waals surface area contributed by atoms with Crippen molar-refractivity contribution in [2.45, 2.75) is 47.2 Å². The van der Waals surface area contributed by atoms with Gasteiger partial charge in [0.2, 0.25) is 0 Å². The summed E-state index contributed by atoms with van der Waals surface area (Å²) in [5.41, 5.74) is 6.48. The van der Waals surface area contributed by atoms with E-state index in [1.165, 1.54) is 45.1 Å². The second-order valence-electron chi connectivity index (χ2n) is 11.5. The molecule has 5 atom stereocenters. The van der Waals surface area contributed by atoms with Crippen molar-refractivity contribution in [2.75, 3.05) is 27.2 Å². The predicted octanol–water partition coefficient (Wildman–Crippen LogP) is 3.48. The van der Waals surface area contributed by atoms with Crippen LogP contribution in [0.4, 0.5) is 0 Å². The second kappa shape index (κ2) is 0.816. The Bertz CT molecular complexity index is 961. The average molecular weight is 345 g/mol. The van der Waals surface area contributed by atoms with Crippen LogP contribution in [0.25, 0.3) is 0 Å². The maximum atomic E-state index is 6.48. The Morgan fingerprint density at radius 3 is 1.63 bits per heavy atom. The number of fused-ring (bicyclic) bond motifs is 10. The summed E-state index contributed by atoms with van der Waals surface area (Å²) in [4.78, 5) is 13.8. The van der Waals surface area contributed by atoms with E-state index in [4.69, 9.17) is 5.73 Å². The summed E-state index contributed by atoms with van der Waals surface area (Å²) in [6.07, 6.45) is 0. The molecule has 10 fully saturated rings. The SMILES string of the molecule is CN(C)C[C]12[CH]3[CH]4[CH]5[C]1(CN)[Fe]45321678[CH]2[CH]1[CH]6[CH]7[CH]28.Cl.Cl. The van der Waals surface area contributed by atoms with Crippen molar-refractivity contribution in [1.29, 1.82) is 0 Å². The van der Waals surface area contributed by atoms with Crippen molar-refractivity contribution in [3.8, 4) is 0 Å². The monoisotopic (exact) mass is 344 g/mol. The van der Waals surface area contributed by atoms with Crippen LogP contribution in [0, 0.1) is 0 Å². The smallest absolute Gasteiger partial charge is 0.147 e. The van der Waals surface area contributed by atoms with E-state index < -0.39 is 6.51 Å². The molecule has 0 amide bonds. The van der Waals surface area contributed by atoms with Crippen molar-refractivity contribution >= 4 is 24.8 Å². The fourth-order valence-corrected chi connectivity index (χ4v) is 96.4. The third kappa shape index (κ3) is 0.0989. The van der Waals surface area contributed by atoms with Gasteiger partial charge in [-0.1, -0.05) is 0 Å². The molecule has 0 saturated carbocycles. The quantitative estimate of drug-likeness (QED) is 0.794. The first kappa shape index (κ1) is 9.92. The van der Waals surface area contributed by atoms with E-state index >= 15 is 0 Å². The number of nitrogens with zero attached hydrogens (tertiary/aromatic N) is 1. The minimum Gasteiger partial charge on any atom is -0.147 e. The standard InChI is InChI=1S/C9H15N2.C5H5.2ClH.Fe/c1-11(2)7-9-5-3-4-8(9)6-10;1-2-4-5-3-1;;;/h3-5H,6-7,10H2,1-2H3;1-5H;2*1H;. The average Bonchev–Trinajstić information content (AvgIpc) is 3.23. The molecule has 5 unspecified atom stereocenters. The summed E-state index contributed by atoms with van der Waals surface area (Å²) in [5.74, 6) is 0. The Hall–Kier alpha value is 1.02. The summed E-state index contributed by atoms with van der Waals surface area (Å²) in [7, 11) is 4.66. The molecule has 10 heterocycles. The van der Waals surface area contributed by atoms with Gasteiger partial charge in [0.15, 0.2) is 0 Å². The number of nitrogens with two attached hydrogens (primary N) is 1. The molecule has 5 heteroatoms. The van der Waals surface area contributed by atoms with Crippen LogP contribution in [0.2, 0.25) is 47.2 Å². The van der Waals surface area contributed by atoms with Crippen LogP contribution < -0.4 is 5.73 Å². The zero-order valence-corrected chi connectivity index (χ0v) is 14.0. The summed E-state index contributed by atoms with van der Waals surface area (Å²) in [6, 6.07) is 0. The van der Waals surface area contributed by atoms with Crippen molar-refractivity contribution in [3.63, 3.8) is 0 Å². The van der Waals surface area contributed by atoms with Gasteiger partial charge in [-0.05, 0) is 0 Å². The van der Waals surface area contributed by atoms with E-state index in [0.29, 0.717) is 0 Å². The molecule has 2 nitrogen and oxygen atoms in total. The van der Waals surface area contributed by atoms with E-state index in [9.17, 15) is 0 Å². The van der Waals surface area contributed by atoms with Gasteiger partial charge in [-0.3, -0.25) is 0 Å². The van der Waals surface area contributed by atoms with Gasteiger partial charge in [0.25, 0.3) is 0 Å². The van der Waals surface area contributed by atoms with Crippen LogP contribution in [-0.4, -0.2) is 32.1 Å². The first-order valence-electron chi connectivity index (χ1n) is 7.47. The number of hydrogen-bond acceptors (Lipinski definition) is 2. The van der Waals surface area contributed by atoms with Gasteiger partial charge in [-0.2, -0.15) is 0 Å². The van der Waals surface area contributed by atoms with Crippen LogP contribution in [0.1, 0.15) is 0 Å². The third-order valence-corrected chi connectivity index (χ3v) is 60.4. The van der Waals surface area contributed by atoms with E-state index in [0.717, 1.165) is 15.2 Å². The van der Waals surface area contributed by atoms with Gasteiger partial charge in [0.1, 0.15) is 0 Å². The summed E-state index contributed by atoms with van der Waals surface area (Å²) >= 11 is 0. The Kier molecular flexibility index (Phi) is 0.426. The normalized spacial score (nSPS) is 111. The van der Waals surface area contributed by atoms with Gasteiger partial charge in [-0.15, -0.1) is 24.8 Å². The molecule has 19 heavy (non-hydrogen) atoms. The fourth-order valence-electron chi connectivity index (χ4n) is 19.0. The molecule has 1 spiro atoms. The predicted molar refractivity (Wildman–Crippen MR) is 77.5 cm³/mol. The Balaban J connectivity index is 0.000000376. The van der Waals surface area contributed by atoms with E-state index in [1.54, 1.807) is 0 Å². The van der Waals surface area contributed by atoms with Crippen molar-refractivity contribution in [1.82, 2.24) is 4.90 Å². The zero-order valence-electron chi connectivity index (χ0n) is 11.2. The number of rotatable bonds is 3. The molecular weight excluding hydrogens is 323 g/mol. The molecule has 2 N–H and O–H groups in total. The Morgan fingerprint density at radius 1 is 0.895 bits per heavy atom. The zero-order chi connectivity index (χ0) is 10.9. The minimum atomic E-state index is -2.98. The van der Waals surface area contributed by atoms with E-state index in [1.807, 2.05) is 0 Å². The maximum Gasteiger partial charge on any atom is -0.147 e. The summed E-state index contributed by atoms with van der Waals surface area (Å²) in [6.45, 7) is -0.361. The molecule has 0 aliphatic carbocycles. The van der Waals surface area contributed by atoms with Crippen LogP contribution >= 0.6 is 24.8 Å². The largest absolute Gasteiger partial charge is 0.147 e. The molecule has 10 saturated heterocycles. The van der Waals surface area contributed by atoms with Crippen molar-refractivity contribution in [3.05, 3.63) is 0 Å². The Morgan fingerprint density at radius 2 is 1.37 bits per heavy atom. The van der Waals surface area contributed by atoms with Crippen molar-refractivity contribution < 1.29 is 6.51 Å². The topological polar surface area (TPSA) is 29.3 Å².